The summed E-state index contributed by atoms with van der Waals surface area (Å²) in [6.45, 7) is 2.39. The monoisotopic (exact) mass is 404 g/mol. The number of piperazine rings is 1. The third-order valence-corrected chi connectivity index (χ3v) is 4.33. The summed E-state index contributed by atoms with van der Waals surface area (Å²) in [5.74, 6) is 0.586. The van der Waals surface area contributed by atoms with E-state index in [-0.39, 0.29) is 31.4 Å². The van der Waals surface area contributed by atoms with E-state index in [1.807, 2.05) is 30.3 Å². The number of hydrogen-bond donors (Lipinski definition) is 1. The predicted octanol–water partition coefficient (Wildman–Crippen LogP) is 0.507. The molecule has 1 aliphatic heterocycles. The number of benzene rings is 1. The van der Waals surface area contributed by atoms with Crippen molar-refractivity contribution >= 4 is 18.3 Å². The third kappa shape index (κ3) is 6.11. The van der Waals surface area contributed by atoms with E-state index in [0.29, 0.717) is 31.3 Å². The zero-order valence-electron chi connectivity index (χ0n) is 16.4. The maximum Gasteiger partial charge on any atom is 0.290 e. The molecule has 10 nitrogen and oxygen atoms in total. The van der Waals surface area contributed by atoms with Crippen LogP contribution in [0.3, 0.4) is 0 Å². The molecular formula is C19H24N4O6. The number of carbonyl (C=O) groups is 3. The van der Waals surface area contributed by atoms with Gasteiger partial charge >= 0.3 is 0 Å². The van der Waals surface area contributed by atoms with Crippen LogP contribution in [0.4, 0.5) is 0 Å². The highest BCUT2D eigenvalue weighted by Gasteiger charge is 2.39. The highest BCUT2D eigenvalue weighted by Crippen LogP contribution is 2.20. The van der Waals surface area contributed by atoms with Crippen LogP contribution in [0, 0.1) is 6.92 Å². The second-order valence-electron chi connectivity index (χ2n) is 6.32. The molecular weight excluding hydrogens is 380 g/mol. The van der Waals surface area contributed by atoms with E-state index >= 15 is 0 Å². The van der Waals surface area contributed by atoms with Crippen molar-refractivity contribution in [1.82, 2.24) is 19.9 Å². The van der Waals surface area contributed by atoms with Gasteiger partial charge < -0.3 is 24.2 Å². The van der Waals surface area contributed by atoms with Crippen molar-refractivity contribution in [1.29, 1.82) is 0 Å². The smallest absolute Gasteiger partial charge is 0.290 e. The molecule has 0 radical (unpaired) electrons. The van der Waals surface area contributed by atoms with E-state index < -0.39 is 6.04 Å². The largest absolute Gasteiger partial charge is 0.483 e. The molecule has 2 heterocycles. The molecule has 1 aromatic heterocycles. The van der Waals surface area contributed by atoms with Crippen molar-refractivity contribution in [3.63, 3.8) is 0 Å². The fourth-order valence-corrected chi connectivity index (χ4v) is 3.02. The molecule has 1 saturated heterocycles. The molecule has 0 aliphatic carbocycles. The van der Waals surface area contributed by atoms with Crippen molar-refractivity contribution in [3.8, 4) is 0 Å². The number of methoxy groups -OCH3 is 1. The lowest BCUT2D eigenvalue weighted by molar-refractivity contribution is -0.157. The quantitative estimate of drug-likeness (QED) is 0.662. The summed E-state index contributed by atoms with van der Waals surface area (Å²) in [7, 11) is 1.57. The van der Waals surface area contributed by atoms with E-state index in [1.54, 1.807) is 18.9 Å². The van der Waals surface area contributed by atoms with Crippen molar-refractivity contribution in [2.45, 2.75) is 25.9 Å². The van der Waals surface area contributed by atoms with E-state index in [0.717, 1.165) is 5.56 Å². The van der Waals surface area contributed by atoms with Gasteiger partial charge in [-0.2, -0.15) is 4.98 Å². The lowest BCUT2D eigenvalue weighted by Crippen LogP contribution is -2.60. The summed E-state index contributed by atoms with van der Waals surface area (Å²) in [5, 5.41) is 10.6. The summed E-state index contributed by atoms with van der Waals surface area (Å²) >= 11 is 0. The third-order valence-electron chi connectivity index (χ3n) is 4.33. The standard InChI is InChI=1S/C18H22N4O4.CH2O2/c1-13-19-16(26-20-13)11-22-15(10-14-6-4-3-5-7-14)18(24)21(8-9-25-2)12-17(22)23;2-1-3/h3-7,15H,8-12H2,1-2H3;1H,(H,2,3)/t15-;/m1./s1. The van der Waals surface area contributed by atoms with Crippen LogP contribution in [0.2, 0.25) is 0 Å². The Balaban J connectivity index is 0.000000941. The molecule has 0 spiro atoms. The predicted molar refractivity (Wildman–Crippen MR) is 101 cm³/mol. The molecule has 2 amide bonds. The number of amides is 2. The van der Waals surface area contributed by atoms with Crippen molar-refractivity contribution in [2.75, 3.05) is 26.8 Å². The van der Waals surface area contributed by atoms with Gasteiger partial charge in [0.05, 0.1) is 13.2 Å². The number of aromatic nitrogens is 2. The van der Waals surface area contributed by atoms with Crippen LogP contribution in [0.1, 0.15) is 17.3 Å². The van der Waals surface area contributed by atoms with Gasteiger partial charge in [0.1, 0.15) is 12.6 Å². The molecule has 1 fully saturated rings. The molecule has 10 heteroatoms. The van der Waals surface area contributed by atoms with Crippen LogP contribution in [0.5, 0.6) is 0 Å². The fraction of sp³-hybridized carbons (Fsp3) is 0.421. The Morgan fingerprint density at radius 3 is 2.59 bits per heavy atom. The molecule has 1 aromatic carbocycles. The molecule has 0 bridgehead atoms. The van der Waals surface area contributed by atoms with Gasteiger partial charge in [-0.1, -0.05) is 35.5 Å². The fourth-order valence-electron chi connectivity index (χ4n) is 3.02. The van der Waals surface area contributed by atoms with Gasteiger partial charge in [0.25, 0.3) is 6.47 Å². The summed E-state index contributed by atoms with van der Waals surface area (Å²) in [5.41, 5.74) is 0.985. The van der Waals surface area contributed by atoms with Gasteiger partial charge in [-0.25, -0.2) is 0 Å². The first-order chi connectivity index (χ1) is 14.0. The first kappa shape index (κ1) is 22.0. The second kappa shape index (κ2) is 10.9. The Bertz CT molecular complexity index is 810. The Morgan fingerprint density at radius 1 is 1.31 bits per heavy atom. The van der Waals surface area contributed by atoms with Crippen molar-refractivity contribution in [2.24, 2.45) is 0 Å². The Kier molecular flexibility index (Phi) is 8.28. The van der Waals surface area contributed by atoms with Crippen molar-refractivity contribution < 1.29 is 28.8 Å². The van der Waals surface area contributed by atoms with Crippen LogP contribution in [0.15, 0.2) is 34.9 Å². The minimum Gasteiger partial charge on any atom is -0.483 e. The number of carbonyl (C=O) groups excluding carboxylic acids is 2. The summed E-state index contributed by atoms with van der Waals surface area (Å²) in [6, 6.07) is 9.03. The number of rotatable bonds is 7. The van der Waals surface area contributed by atoms with Gasteiger partial charge in [-0.15, -0.1) is 0 Å². The lowest BCUT2D eigenvalue weighted by Gasteiger charge is -2.39. The maximum absolute atomic E-state index is 13.0. The second-order valence-corrected chi connectivity index (χ2v) is 6.32. The Morgan fingerprint density at radius 2 is 2.00 bits per heavy atom. The van der Waals surface area contributed by atoms with E-state index in [9.17, 15) is 9.59 Å². The minimum absolute atomic E-state index is 0.0284. The van der Waals surface area contributed by atoms with Gasteiger partial charge in [-0.3, -0.25) is 14.4 Å². The van der Waals surface area contributed by atoms with Crippen LogP contribution in [0.25, 0.3) is 0 Å². The average Bonchev–Trinajstić information content (AvgIpc) is 3.12. The van der Waals surface area contributed by atoms with Crippen LogP contribution < -0.4 is 0 Å². The maximum atomic E-state index is 13.0. The topological polar surface area (TPSA) is 126 Å². The molecule has 1 atom stereocenters. The summed E-state index contributed by atoms with van der Waals surface area (Å²) < 4.78 is 10.2. The first-order valence-electron chi connectivity index (χ1n) is 8.98. The number of ether oxygens (including phenoxy) is 1. The molecule has 3 rings (SSSR count). The zero-order chi connectivity index (χ0) is 21.2. The van der Waals surface area contributed by atoms with E-state index in [1.165, 1.54) is 4.90 Å². The summed E-state index contributed by atoms with van der Waals surface area (Å²) in [4.78, 5) is 41.3. The lowest BCUT2D eigenvalue weighted by atomic mass is 10.0. The summed E-state index contributed by atoms with van der Waals surface area (Å²) in [6.07, 6.45) is 0.433. The highest BCUT2D eigenvalue weighted by atomic mass is 16.5. The Labute approximate surface area is 168 Å². The minimum atomic E-state index is -0.609. The van der Waals surface area contributed by atoms with Gasteiger partial charge in [0.2, 0.25) is 17.7 Å². The van der Waals surface area contributed by atoms with Crippen LogP contribution in [-0.4, -0.2) is 76.2 Å². The highest BCUT2D eigenvalue weighted by molar-refractivity contribution is 5.95. The number of aryl methyl sites for hydroxylation is 1. The molecule has 29 heavy (non-hydrogen) atoms. The van der Waals surface area contributed by atoms with Gasteiger partial charge in [0.15, 0.2) is 5.82 Å². The normalized spacial score (nSPS) is 16.4. The molecule has 0 unspecified atom stereocenters. The molecule has 2 aromatic rings. The number of nitrogens with zero attached hydrogens (tertiary/aromatic N) is 4. The zero-order valence-corrected chi connectivity index (χ0v) is 16.4. The van der Waals surface area contributed by atoms with Crippen LogP contribution in [-0.2, 0) is 32.1 Å². The van der Waals surface area contributed by atoms with Crippen LogP contribution >= 0.6 is 0 Å². The molecule has 0 saturated carbocycles. The molecule has 1 N–H and O–H groups in total. The van der Waals surface area contributed by atoms with E-state index in [4.69, 9.17) is 19.2 Å². The number of carboxylic acid groups (broad SMARTS) is 1. The molecule has 156 valence electrons. The first-order valence-corrected chi connectivity index (χ1v) is 8.98. The molecule has 1 aliphatic rings. The van der Waals surface area contributed by atoms with Crippen molar-refractivity contribution in [3.05, 3.63) is 47.6 Å². The number of hydrogen-bond acceptors (Lipinski definition) is 7. The SMILES string of the molecule is COCCN1CC(=O)N(Cc2nc(C)no2)[C@H](Cc2ccccc2)C1=O.O=CO. The average molecular weight is 404 g/mol. The van der Waals surface area contributed by atoms with E-state index in [2.05, 4.69) is 10.1 Å². The Hall–Kier alpha value is -3.27. The van der Waals surface area contributed by atoms with Gasteiger partial charge in [-0.05, 0) is 12.5 Å². The van der Waals surface area contributed by atoms with Gasteiger partial charge in [0, 0.05) is 20.1 Å².